The summed E-state index contributed by atoms with van der Waals surface area (Å²) in [5.74, 6) is 1.18. The van der Waals surface area contributed by atoms with Gasteiger partial charge in [-0.1, -0.05) is 25.5 Å². The summed E-state index contributed by atoms with van der Waals surface area (Å²) in [5.41, 5.74) is 6.63. The Morgan fingerprint density at radius 3 is 2.53 bits per heavy atom. The van der Waals surface area contributed by atoms with Gasteiger partial charge in [-0.15, -0.1) is 0 Å². The molecule has 0 bridgehead atoms. The maximum Gasteiger partial charge on any atom is 0.119 e. The molecule has 0 unspecified atom stereocenters. The molecule has 1 aromatic carbocycles. The Kier molecular flexibility index (Phi) is 6.15. The average Bonchev–Trinajstić information content (AvgIpc) is 2.31. The van der Waals surface area contributed by atoms with E-state index in [1.165, 1.54) is 12.0 Å². The zero-order valence-electron chi connectivity index (χ0n) is 10.5. The van der Waals surface area contributed by atoms with Crippen molar-refractivity contribution in [3.63, 3.8) is 0 Å². The highest BCUT2D eigenvalue weighted by molar-refractivity contribution is 5.76. The van der Waals surface area contributed by atoms with Crippen LogP contribution in [0.25, 0.3) is 0 Å². The van der Waals surface area contributed by atoms with E-state index >= 15 is 0 Å². The molecular formula is C14H22N2O. The molecule has 0 aliphatic heterocycles. The lowest BCUT2D eigenvalue weighted by atomic mass is 10.1. The second-order valence-electron chi connectivity index (χ2n) is 4.22. The van der Waals surface area contributed by atoms with Crippen molar-refractivity contribution in [2.75, 3.05) is 6.61 Å². The second-order valence-corrected chi connectivity index (χ2v) is 4.22. The number of benzene rings is 1. The molecule has 0 atom stereocenters. The van der Waals surface area contributed by atoms with Gasteiger partial charge >= 0.3 is 0 Å². The van der Waals surface area contributed by atoms with Gasteiger partial charge in [0.05, 0.1) is 12.4 Å². The standard InChI is InChI=1S/C14H22N2O/c1-2-5-12-7-9-13(10-8-12)17-11-4-3-6-14(15)16/h7-10H,2-6,11H2,1H3,(H3,15,16). The van der Waals surface area contributed by atoms with Crippen LogP contribution < -0.4 is 10.5 Å². The second kappa shape index (κ2) is 7.71. The SMILES string of the molecule is CCCc1ccc(OCCCCC(=N)N)cc1. The quantitative estimate of drug-likeness (QED) is 0.412. The summed E-state index contributed by atoms with van der Waals surface area (Å²) in [5, 5.41) is 7.09. The largest absolute Gasteiger partial charge is 0.494 e. The summed E-state index contributed by atoms with van der Waals surface area (Å²) in [6.45, 7) is 2.87. The molecule has 0 aromatic heterocycles. The van der Waals surface area contributed by atoms with Crippen molar-refractivity contribution in [1.29, 1.82) is 5.41 Å². The Morgan fingerprint density at radius 1 is 1.24 bits per heavy atom. The lowest BCUT2D eigenvalue weighted by Gasteiger charge is -2.06. The molecule has 0 spiro atoms. The van der Waals surface area contributed by atoms with Gasteiger partial charge in [0, 0.05) is 6.42 Å². The van der Waals surface area contributed by atoms with Crippen molar-refractivity contribution >= 4 is 5.84 Å². The molecular weight excluding hydrogens is 212 g/mol. The minimum absolute atomic E-state index is 0.258. The monoisotopic (exact) mass is 234 g/mol. The number of rotatable bonds is 8. The molecule has 0 fully saturated rings. The Bertz CT molecular complexity index is 333. The summed E-state index contributed by atoms with van der Waals surface area (Å²) < 4.78 is 5.61. The minimum Gasteiger partial charge on any atom is -0.494 e. The van der Waals surface area contributed by atoms with Crippen LogP contribution in [-0.4, -0.2) is 12.4 Å². The predicted octanol–water partition coefficient (Wildman–Crippen LogP) is 3.12. The maximum atomic E-state index is 7.09. The Hall–Kier alpha value is -1.51. The number of hydrogen-bond donors (Lipinski definition) is 2. The molecule has 94 valence electrons. The van der Waals surface area contributed by atoms with Crippen LogP contribution in [0.4, 0.5) is 0 Å². The molecule has 0 saturated heterocycles. The highest BCUT2D eigenvalue weighted by Crippen LogP contribution is 2.13. The lowest BCUT2D eigenvalue weighted by Crippen LogP contribution is -2.09. The summed E-state index contributed by atoms with van der Waals surface area (Å²) in [4.78, 5) is 0. The molecule has 0 radical (unpaired) electrons. The molecule has 3 nitrogen and oxygen atoms in total. The summed E-state index contributed by atoms with van der Waals surface area (Å²) in [7, 11) is 0. The van der Waals surface area contributed by atoms with E-state index in [1.54, 1.807) is 0 Å². The van der Waals surface area contributed by atoms with E-state index in [9.17, 15) is 0 Å². The van der Waals surface area contributed by atoms with Crippen molar-refractivity contribution in [3.05, 3.63) is 29.8 Å². The topological polar surface area (TPSA) is 59.1 Å². The van der Waals surface area contributed by atoms with Gasteiger partial charge < -0.3 is 10.5 Å². The fraction of sp³-hybridized carbons (Fsp3) is 0.500. The molecule has 1 rings (SSSR count). The highest BCUT2D eigenvalue weighted by atomic mass is 16.5. The highest BCUT2D eigenvalue weighted by Gasteiger charge is 1.96. The lowest BCUT2D eigenvalue weighted by molar-refractivity contribution is 0.308. The summed E-state index contributed by atoms with van der Waals surface area (Å²) in [6, 6.07) is 8.29. The van der Waals surface area contributed by atoms with E-state index in [2.05, 4.69) is 19.1 Å². The first-order chi connectivity index (χ1) is 8.22. The first-order valence-corrected chi connectivity index (χ1v) is 6.27. The normalized spacial score (nSPS) is 10.2. The van der Waals surface area contributed by atoms with Crippen LogP contribution in [0.5, 0.6) is 5.75 Å². The molecule has 0 aliphatic carbocycles. The van der Waals surface area contributed by atoms with Crippen LogP contribution in [0.3, 0.4) is 0 Å². The molecule has 3 heteroatoms. The Labute approximate surface area is 103 Å². The Morgan fingerprint density at radius 2 is 1.94 bits per heavy atom. The molecule has 0 aliphatic rings. The smallest absolute Gasteiger partial charge is 0.119 e. The van der Waals surface area contributed by atoms with Crippen molar-refractivity contribution in [2.45, 2.75) is 39.0 Å². The molecule has 0 saturated carbocycles. The first-order valence-electron chi connectivity index (χ1n) is 6.27. The third kappa shape index (κ3) is 5.95. The third-order valence-corrected chi connectivity index (χ3v) is 2.57. The molecule has 3 N–H and O–H groups in total. The van der Waals surface area contributed by atoms with E-state index in [0.29, 0.717) is 13.0 Å². The van der Waals surface area contributed by atoms with Crippen LogP contribution in [-0.2, 0) is 6.42 Å². The summed E-state index contributed by atoms with van der Waals surface area (Å²) in [6.07, 6.45) is 4.82. The van der Waals surface area contributed by atoms with Crippen molar-refractivity contribution < 1.29 is 4.74 Å². The zero-order chi connectivity index (χ0) is 12.5. The van der Waals surface area contributed by atoms with E-state index < -0.39 is 0 Å². The number of aryl methyl sites for hydroxylation is 1. The van der Waals surface area contributed by atoms with Crippen LogP contribution in [0.1, 0.15) is 38.2 Å². The van der Waals surface area contributed by atoms with Gasteiger partial charge in [0.15, 0.2) is 0 Å². The number of unbranched alkanes of at least 4 members (excludes halogenated alkanes) is 1. The molecule has 0 heterocycles. The fourth-order valence-electron chi connectivity index (χ4n) is 1.65. The van der Waals surface area contributed by atoms with Crippen molar-refractivity contribution in [1.82, 2.24) is 0 Å². The van der Waals surface area contributed by atoms with E-state index in [4.69, 9.17) is 15.9 Å². The van der Waals surface area contributed by atoms with Crippen LogP contribution in [0.2, 0.25) is 0 Å². The van der Waals surface area contributed by atoms with Gasteiger partial charge in [-0.2, -0.15) is 0 Å². The summed E-state index contributed by atoms with van der Waals surface area (Å²) >= 11 is 0. The van der Waals surface area contributed by atoms with Gasteiger partial charge in [0.25, 0.3) is 0 Å². The third-order valence-electron chi connectivity index (χ3n) is 2.57. The zero-order valence-corrected chi connectivity index (χ0v) is 10.5. The number of nitrogens with two attached hydrogens (primary N) is 1. The number of nitrogens with one attached hydrogen (secondary N) is 1. The molecule has 17 heavy (non-hydrogen) atoms. The minimum atomic E-state index is 0.258. The van der Waals surface area contributed by atoms with Gasteiger partial charge in [-0.25, -0.2) is 0 Å². The van der Waals surface area contributed by atoms with Gasteiger partial charge in [0.2, 0.25) is 0 Å². The van der Waals surface area contributed by atoms with Gasteiger partial charge in [-0.3, -0.25) is 5.41 Å². The number of hydrogen-bond acceptors (Lipinski definition) is 2. The molecule has 1 aromatic rings. The van der Waals surface area contributed by atoms with E-state index in [-0.39, 0.29) is 5.84 Å². The van der Waals surface area contributed by atoms with E-state index in [1.807, 2.05) is 12.1 Å². The molecule has 0 amide bonds. The van der Waals surface area contributed by atoms with Gasteiger partial charge in [0.1, 0.15) is 5.75 Å². The van der Waals surface area contributed by atoms with Gasteiger partial charge in [-0.05, 0) is 37.0 Å². The average molecular weight is 234 g/mol. The van der Waals surface area contributed by atoms with Crippen molar-refractivity contribution in [3.8, 4) is 5.75 Å². The Balaban J connectivity index is 2.20. The predicted molar refractivity (Wildman–Crippen MR) is 71.7 cm³/mol. The van der Waals surface area contributed by atoms with Crippen molar-refractivity contribution in [2.24, 2.45) is 5.73 Å². The van der Waals surface area contributed by atoms with E-state index in [0.717, 1.165) is 25.0 Å². The number of ether oxygens (including phenoxy) is 1. The fourth-order valence-corrected chi connectivity index (χ4v) is 1.65. The van der Waals surface area contributed by atoms with Crippen LogP contribution in [0, 0.1) is 5.41 Å². The number of amidine groups is 1. The van der Waals surface area contributed by atoms with Crippen LogP contribution in [0.15, 0.2) is 24.3 Å². The van der Waals surface area contributed by atoms with Crippen LogP contribution >= 0.6 is 0 Å². The first kappa shape index (κ1) is 13.6. The maximum absolute atomic E-state index is 7.09.